The van der Waals surface area contributed by atoms with Crippen molar-refractivity contribution in [3.05, 3.63) is 48.0 Å². The molecule has 1 aliphatic heterocycles. The number of nitrogens with one attached hydrogen (secondary N) is 1. The van der Waals surface area contributed by atoms with Crippen LogP contribution < -0.4 is 5.32 Å². The number of carbonyl (C=O) groups excluding carboxylic acids is 1. The van der Waals surface area contributed by atoms with Gasteiger partial charge in [0.2, 0.25) is 5.91 Å². The van der Waals surface area contributed by atoms with Crippen molar-refractivity contribution in [3.8, 4) is 0 Å². The maximum atomic E-state index is 12.7. The molecule has 0 spiro atoms. The van der Waals surface area contributed by atoms with Gasteiger partial charge in [-0.15, -0.1) is 12.4 Å². The molecule has 0 aromatic heterocycles. The molecule has 1 saturated heterocycles. The predicted octanol–water partition coefficient (Wildman–Crippen LogP) is 3.43. The zero-order valence-electron chi connectivity index (χ0n) is 13.8. The van der Waals surface area contributed by atoms with Gasteiger partial charge in [0, 0.05) is 13.1 Å². The molecule has 2 atom stereocenters. The zero-order chi connectivity index (χ0) is 15.5. The van der Waals surface area contributed by atoms with Crippen molar-refractivity contribution >= 4 is 29.1 Å². The first-order valence-corrected chi connectivity index (χ1v) is 8.11. The first-order chi connectivity index (χ1) is 10.7. The van der Waals surface area contributed by atoms with Gasteiger partial charge < -0.3 is 10.2 Å². The summed E-state index contributed by atoms with van der Waals surface area (Å²) in [4.78, 5) is 14.8. The molecule has 0 bridgehead atoms. The fourth-order valence-electron chi connectivity index (χ4n) is 3.38. The lowest BCUT2D eigenvalue weighted by Gasteiger charge is -2.21. The third kappa shape index (κ3) is 3.85. The molecule has 2 aromatic rings. The van der Waals surface area contributed by atoms with E-state index in [2.05, 4.69) is 35.6 Å². The van der Waals surface area contributed by atoms with Crippen LogP contribution in [-0.4, -0.2) is 37.5 Å². The van der Waals surface area contributed by atoms with Gasteiger partial charge in [0.05, 0.1) is 5.92 Å². The number of nitrogens with zero attached hydrogens (tertiary/aromatic N) is 1. The number of rotatable bonds is 4. The maximum Gasteiger partial charge on any atom is 0.229 e. The Morgan fingerprint density at radius 2 is 2.00 bits per heavy atom. The largest absolute Gasteiger partial charge is 0.342 e. The number of halogens is 1. The molecule has 1 N–H and O–H groups in total. The Kier molecular flexibility index (Phi) is 6.03. The molecule has 1 aliphatic rings. The summed E-state index contributed by atoms with van der Waals surface area (Å²) in [5.41, 5.74) is 1.11. The lowest BCUT2D eigenvalue weighted by atomic mass is 9.96. The SMILES string of the molecule is CNCC1CCN(C(=O)C(C)c2ccc3ccccc3c2)C1.Cl. The Morgan fingerprint density at radius 1 is 1.26 bits per heavy atom. The van der Waals surface area contributed by atoms with Gasteiger partial charge in [0.1, 0.15) is 0 Å². The summed E-state index contributed by atoms with van der Waals surface area (Å²) in [6.07, 6.45) is 1.11. The minimum absolute atomic E-state index is 0. The second-order valence-electron chi connectivity index (χ2n) is 6.32. The number of carbonyl (C=O) groups is 1. The molecule has 0 radical (unpaired) electrons. The summed E-state index contributed by atoms with van der Waals surface area (Å²) >= 11 is 0. The van der Waals surface area contributed by atoms with Gasteiger partial charge in [0.25, 0.3) is 0 Å². The van der Waals surface area contributed by atoms with E-state index in [1.807, 2.05) is 31.0 Å². The van der Waals surface area contributed by atoms with Crippen LogP contribution in [0, 0.1) is 5.92 Å². The highest BCUT2D eigenvalue weighted by Crippen LogP contribution is 2.25. The smallest absolute Gasteiger partial charge is 0.229 e. The number of fused-ring (bicyclic) bond motifs is 1. The monoisotopic (exact) mass is 332 g/mol. The fraction of sp³-hybridized carbons (Fsp3) is 0.421. The molecule has 3 rings (SSSR count). The van der Waals surface area contributed by atoms with E-state index in [9.17, 15) is 4.79 Å². The fourth-order valence-corrected chi connectivity index (χ4v) is 3.38. The molecule has 1 fully saturated rings. The Hall–Kier alpha value is -1.58. The maximum absolute atomic E-state index is 12.7. The third-order valence-corrected chi connectivity index (χ3v) is 4.73. The highest BCUT2D eigenvalue weighted by Gasteiger charge is 2.29. The summed E-state index contributed by atoms with van der Waals surface area (Å²) in [6.45, 7) is 4.80. The van der Waals surface area contributed by atoms with Crippen LogP contribution in [0.15, 0.2) is 42.5 Å². The van der Waals surface area contributed by atoms with Gasteiger partial charge in [0.15, 0.2) is 0 Å². The van der Waals surface area contributed by atoms with Crippen molar-refractivity contribution < 1.29 is 4.79 Å². The Morgan fingerprint density at radius 3 is 2.74 bits per heavy atom. The van der Waals surface area contributed by atoms with Crippen molar-refractivity contribution in [3.63, 3.8) is 0 Å². The summed E-state index contributed by atoms with van der Waals surface area (Å²) < 4.78 is 0. The van der Waals surface area contributed by atoms with Crippen LogP contribution in [0.3, 0.4) is 0 Å². The predicted molar refractivity (Wildman–Crippen MR) is 98.2 cm³/mol. The van der Waals surface area contributed by atoms with Gasteiger partial charge in [-0.1, -0.05) is 42.5 Å². The minimum Gasteiger partial charge on any atom is -0.342 e. The van der Waals surface area contributed by atoms with E-state index in [1.165, 1.54) is 10.8 Å². The van der Waals surface area contributed by atoms with Gasteiger partial charge >= 0.3 is 0 Å². The van der Waals surface area contributed by atoms with E-state index in [0.717, 1.165) is 31.6 Å². The topological polar surface area (TPSA) is 32.3 Å². The molecule has 0 aliphatic carbocycles. The van der Waals surface area contributed by atoms with Crippen molar-refractivity contribution in [1.82, 2.24) is 10.2 Å². The quantitative estimate of drug-likeness (QED) is 0.930. The first kappa shape index (κ1) is 17.8. The average Bonchev–Trinajstić information content (AvgIpc) is 3.02. The second kappa shape index (κ2) is 7.80. The van der Waals surface area contributed by atoms with Crippen molar-refractivity contribution in [2.45, 2.75) is 19.3 Å². The molecule has 2 unspecified atom stereocenters. The molecule has 23 heavy (non-hydrogen) atoms. The highest BCUT2D eigenvalue weighted by atomic mass is 35.5. The number of likely N-dealkylation sites (tertiary alicyclic amines) is 1. The normalized spacial score (nSPS) is 18.7. The van der Waals surface area contributed by atoms with Crippen LogP contribution in [0.25, 0.3) is 10.8 Å². The van der Waals surface area contributed by atoms with E-state index in [4.69, 9.17) is 0 Å². The molecule has 2 aromatic carbocycles. The molecule has 1 amide bonds. The number of hydrogen-bond donors (Lipinski definition) is 1. The lowest BCUT2D eigenvalue weighted by molar-refractivity contribution is -0.131. The van der Waals surface area contributed by atoms with Crippen LogP contribution in [-0.2, 0) is 4.79 Å². The summed E-state index contributed by atoms with van der Waals surface area (Å²) in [7, 11) is 1.97. The van der Waals surface area contributed by atoms with Gasteiger partial charge in [-0.3, -0.25) is 4.79 Å². The molecule has 3 nitrogen and oxygen atoms in total. The van der Waals surface area contributed by atoms with Crippen molar-refractivity contribution in [2.75, 3.05) is 26.7 Å². The number of benzene rings is 2. The highest BCUT2D eigenvalue weighted by molar-refractivity contribution is 5.87. The van der Waals surface area contributed by atoms with Gasteiger partial charge in [-0.2, -0.15) is 0 Å². The minimum atomic E-state index is -0.0714. The summed E-state index contributed by atoms with van der Waals surface area (Å²) in [5, 5.41) is 5.64. The van der Waals surface area contributed by atoms with Crippen LogP contribution >= 0.6 is 12.4 Å². The van der Waals surface area contributed by atoms with Crippen molar-refractivity contribution in [1.29, 1.82) is 0 Å². The Bertz CT molecular complexity index is 673. The molecule has 4 heteroatoms. The van der Waals surface area contributed by atoms with Crippen molar-refractivity contribution in [2.24, 2.45) is 5.92 Å². The molecule has 1 heterocycles. The van der Waals surface area contributed by atoms with Gasteiger partial charge in [-0.25, -0.2) is 0 Å². The van der Waals surface area contributed by atoms with E-state index in [1.54, 1.807) is 0 Å². The standard InChI is InChI=1S/C19H24N2O.ClH/c1-14(19(22)21-10-9-15(13-21)12-20-2)17-8-7-16-5-3-4-6-18(16)11-17;/h3-8,11,14-15,20H,9-10,12-13H2,1-2H3;1H. The average molecular weight is 333 g/mol. The first-order valence-electron chi connectivity index (χ1n) is 8.11. The third-order valence-electron chi connectivity index (χ3n) is 4.73. The molecular formula is C19H25ClN2O. The van der Waals surface area contributed by atoms with E-state index >= 15 is 0 Å². The van der Waals surface area contributed by atoms with Crippen LogP contribution in [0.4, 0.5) is 0 Å². The van der Waals surface area contributed by atoms with Crippen LogP contribution in [0.1, 0.15) is 24.8 Å². The zero-order valence-corrected chi connectivity index (χ0v) is 14.6. The molecular weight excluding hydrogens is 308 g/mol. The second-order valence-corrected chi connectivity index (χ2v) is 6.32. The molecule has 124 valence electrons. The van der Waals surface area contributed by atoms with Gasteiger partial charge in [-0.05, 0) is 49.2 Å². The van der Waals surface area contributed by atoms with Crippen LogP contribution in [0.2, 0.25) is 0 Å². The molecule has 0 saturated carbocycles. The number of hydrogen-bond acceptors (Lipinski definition) is 2. The Balaban J connectivity index is 0.00000192. The summed E-state index contributed by atoms with van der Waals surface area (Å²) in [5.74, 6) is 0.782. The Labute approximate surface area is 144 Å². The van der Waals surface area contributed by atoms with E-state index in [0.29, 0.717) is 5.92 Å². The van der Waals surface area contributed by atoms with E-state index in [-0.39, 0.29) is 24.2 Å². The van der Waals surface area contributed by atoms with Crippen LogP contribution in [0.5, 0.6) is 0 Å². The number of amides is 1. The van der Waals surface area contributed by atoms with E-state index < -0.39 is 0 Å². The lowest BCUT2D eigenvalue weighted by Crippen LogP contribution is -2.33. The summed E-state index contributed by atoms with van der Waals surface area (Å²) in [6, 6.07) is 14.7.